The first kappa shape index (κ1) is 19.5. The van der Waals surface area contributed by atoms with Gasteiger partial charge in [0.15, 0.2) is 0 Å². The van der Waals surface area contributed by atoms with E-state index in [1.54, 1.807) is 17.1 Å². The van der Waals surface area contributed by atoms with E-state index in [0.717, 1.165) is 13.0 Å². The molecule has 1 aromatic carbocycles. The van der Waals surface area contributed by atoms with Crippen molar-refractivity contribution in [2.24, 2.45) is 0 Å². The Balaban J connectivity index is 0.00000132. The summed E-state index contributed by atoms with van der Waals surface area (Å²) in [5, 5.41) is 10.6. The van der Waals surface area contributed by atoms with E-state index in [0.29, 0.717) is 6.54 Å². The summed E-state index contributed by atoms with van der Waals surface area (Å²) in [5.74, 6) is -0.0106. The van der Waals surface area contributed by atoms with Crippen LogP contribution in [0.4, 0.5) is 0 Å². The molecule has 1 aromatic heterocycles. The summed E-state index contributed by atoms with van der Waals surface area (Å²) in [7, 11) is 0. The lowest BCUT2D eigenvalue weighted by molar-refractivity contribution is -0.124. The van der Waals surface area contributed by atoms with Crippen molar-refractivity contribution in [3.05, 3.63) is 53.9 Å². The van der Waals surface area contributed by atoms with Crippen molar-refractivity contribution in [1.29, 1.82) is 0 Å². The highest BCUT2D eigenvalue weighted by molar-refractivity contribution is 5.85. The van der Waals surface area contributed by atoms with Gasteiger partial charge in [0.2, 0.25) is 5.91 Å². The molecular weight excluding hydrogens is 335 g/mol. The number of benzene rings is 1. The van der Waals surface area contributed by atoms with Gasteiger partial charge in [-0.05, 0) is 37.1 Å². The van der Waals surface area contributed by atoms with Gasteiger partial charge < -0.3 is 10.6 Å². The summed E-state index contributed by atoms with van der Waals surface area (Å²) in [6, 6.07) is 10.1. The number of rotatable bonds is 4. The summed E-state index contributed by atoms with van der Waals surface area (Å²) >= 11 is 0. The van der Waals surface area contributed by atoms with Gasteiger partial charge in [-0.15, -0.1) is 24.8 Å². The van der Waals surface area contributed by atoms with Crippen molar-refractivity contribution in [2.45, 2.75) is 25.4 Å². The summed E-state index contributed by atoms with van der Waals surface area (Å²) in [4.78, 5) is 12.2. The normalized spacial score (nSPS) is 17.2. The summed E-state index contributed by atoms with van der Waals surface area (Å²) in [6.07, 6.45) is 4.53. The number of fused-ring (bicyclic) bond motifs is 1. The van der Waals surface area contributed by atoms with E-state index >= 15 is 0 Å². The van der Waals surface area contributed by atoms with E-state index in [2.05, 4.69) is 33.9 Å². The van der Waals surface area contributed by atoms with Gasteiger partial charge in [-0.25, -0.2) is 0 Å². The number of aromatic nitrogens is 2. The van der Waals surface area contributed by atoms with Crippen LogP contribution in [0.5, 0.6) is 0 Å². The van der Waals surface area contributed by atoms with Gasteiger partial charge in [-0.3, -0.25) is 9.48 Å². The maximum absolute atomic E-state index is 12.2. The van der Waals surface area contributed by atoms with Crippen molar-refractivity contribution in [2.75, 3.05) is 13.1 Å². The zero-order chi connectivity index (χ0) is 14.7. The van der Waals surface area contributed by atoms with E-state index in [1.807, 2.05) is 19.1 Å². The fourth-order valence-corrected chi connectivity index (χ4v) is 2.76. The predicted octanol–water partition coefficient (Wildman–Crippen LogP) is 2.29. The lowest BCUT2D eigenvalue weighted by Gasteiger charge is -2.27. The van der Waals surface area contributed by atoms with Crippen LogP contribution >= 0.6 is 24.8 Å². The highest BCUT2D eigenvalue weighted by Gasteiger charge is 2.21. The Labute approximate surface area is 148 Å². The molecule has 2 unspecified atom stereocenters. The number of nitrogens with one attached hydrogen (secondary N) is 2. The van der Waals surface area contributed by atoms with Crippen molar-refractivity contribution >= 4 is 30.7 Å². The summed E-state index contributed by atoms with van der Waals surface area (Å²) in [6.45, 7) is 3.40. The van der Waals surface area contributed by atoms with E-state index < -0.39 is 0 Å². The molecule has 2 aromatic rings. The molecule has 5 nitrogen and oxygen atoms in total. The lowest BCUT2D eigenvalue weighted by atomic mass is 9.94. The molecule has 0 bridgehead atoms. The summed E-state index contributed by atoms with van der Waals surface area (Å²) < 4.78 is 1.66. The molecule has 2 N–H and O–H groups in total. The van der Waals surface area contributed by atoms with E-state index in [9.17, 15) is 4.79 Å². The Hall–Kier alpha value is -1.56. The number of hydrogen-bond acceptors (Lipinski definition) is 3. The van der Waals surface area contributed by atoms with E-state index in [-0.39, 0.29) is 42.8 Å². The summed E-state index contributed by atoms with van der Waals surface area (Å²) in [5.41, 5.74) is 2.66. The van der Waals surface area contributed by atoms with Crippen molar-refractivity contribution < 1.29 is 4.79 Å². The molecule has 0 aliphatic carbocycles. The SMILES string of the molecule is CC(C(=O)NCC1NCCc2ccccc21)n1cccn1.Cl.Cl. The van der Waals surface area contributed by atoms with Crippen molar-refractivity contribution in [3.8, 4) is 0 Å². The van der Waals surface area contributed by atoms with Crippen LogP contribution in [0.25, 0.3) is 0 Å². The van der Waals surface area contributed by atoms with Gasteiger partial charge in [-0.1, -0.05) is 24.3 Å². The van der Waals surface area contributed by atoms with Crippen LogP contribution in [0, 0.1) is 0 Å². The van der Waals surface area contributed by atoms with Gasteiger partial charge in [0.25, 0.3) is 0 Å². The molecular formula is C16H22Cl2N4O. The van der Waals surface area contributed by atoms with Crippen molar-refractivity contribution in [3.63, 3.8) is 0 Å². The molecule has 2 heterocycles. The third-order valence-electron chi connectivity index (χ3n) is 4.00. The molecule has 1 amide bonds. The third-order valence-corrected chi connectivity index (χ3v) is 4.00. The smallest absolute Gasteiger partial charge is 0.244 e. The predicted molar refractivity (Wildman–Crippen MR) is 95.3 cm³/mol. The molecule has 2 atom stereocenters. The Morgan fingerprint density at radius 3 is 2.91 bits per heavy atom. The Morgan fingerprint density at radius 1 is 1.39 bits per heavy atom. The molecule has 7 heteroatoms. The lowest BCUT2D eigenvalue weighted by Crippen LogP contribution is -2.40. The van der Waals surface area contributed by atoms with Gasteiger partial charge in [-0.2, -0.15) is 5.10 Å². The van der Waals surface area contributed by atoms with E-state index in [1.165, 1.54) is 11.1 Å². The van der Waals surface area contributed by atoms with Gasteiger partial charge in [0.1, 0.15) is 6.04 Å². The minimum Gasteiger partial charge on any atom is -0.352 e. The average Bonchev–Trinajstić information content (AvgIpc) is 3.06. The molecule has 23 heavy (non-hydrogen) atoms. The molecule has 3 rings (SSSR count). The molecule has 0 radical (unpaired) electrons. The van der Waals surface area contributed by atoms with Crippen LogP contribution in [0.1, 0.15) is 30.1 Å². The fraction of sp³-hybridized carbons (Fsp3) is 0.375. The van der Waals surface area contributed by atoms with Gasteiger partial charge in [0, 0.05) is 25.0 Å². The number of nitrogens with zero attached hydrogens (tertiary/aromatic N) is 2. The number of amides is 1. The fourth-order valence-electron chi connectivity index (χ4n) is 2.76. The molecule has 126 valence electrons. The van der Waals surface area contributed by atoms with Crippen LogP contribution < -0.4 is 10.6 Å². The number of halogens is 2. The van der Waals surface area contributed by atoms with Crippen LogP contribution in [-0.4, -0.2) is 28.8 Å². The second kappa shape index (κ2) is 8.91. The molecule has 0 spiro atoms. The number of hydrogen-bond donors (Lipinski definition) is 2. The Bertz CT molecular complexity index is 618. The minimum absolute atomic E-state index is 0. The first-order chi connectivity index (χ1) is 10.3. The Kier molecular flexibility index (Phi) is 7.55. The van der Waals surface area contributed by atoms with Crippen molar-refractivity contribution in [1.82, 2.24) is 20.4 Å². The minimum atomic E-state index is -0.293. The topological polar surface area (TPSA) is 59.0 Å². The molecule has 1 aliphatic rings. The first-order valence-electron chi connectivity index (χ1n) is 7.34. The highest BCUT2D eigenvalue weighted by Crippen LogP contribution is 2.21. The largest absolute Gasteiger partial charge is 0.352 e. The zero-order valence-electron chi connectivity index (χ0n) is 12.9. The van der Waals surface area contributed by atoms with Crippen LogP contribution in [0.3, 0.4) is 0 Å². The van der Waals surface area contributed by atoms with Crippen LogP contribution in [0.2, 0.25) is 0 Å². The Morgan fingerprint density at radius 2 is 2.17 bits per heavy atom. The standard InChI is InChI=1S/C16H20N4O.2ClH/c1-12(20-10-4-8-19-20)16(21)18-11-15-14-6-3-2-5-13(14)7-9-17-15;;/h2-6,8,10,12,15,17H,7,9,11H2,1H3,(H,18,21);2*1H. The molecule has 0 saturated heterocycles. The second-order valence-corrected chi connectivity index (χ2v) is 5.36. The highest BCUT2D eigenvalue weighted by atomic mass is 35.5. The van der Waals surface area contributed by atoms with Crippen LogP contribution in [0.15, 0.2) is 42.7 Å². The van der Waals surface area contributed by atoms with Gasteiger partial charge in [0.05, 0.1) is 0 Å². The zero-order valence-corrected chi connectivity index (χ0v) is 14.6. The molecule has 1 aliphatic heterocycles. The number of carbonyl (C=O) groups is 1. The van der Waals surface area contributed by atoms with Crippen LogP contribution in [-0.2, 0) is 11.2 Å². The third kappa shape index (κ3) is 4.47. The quantitative estimate of drug-likeness (QED) is 0.883. The molecule has 0 fully saturated rings. The monoisotopic (exact) mass is 356 g/mol. The number of carbonyl (C=O) groups excluding carboxylic acids is 1. The second-order valence-electron chi connectivity index (χ2n) is 5.36. The maximum Gasteiger partial charge on any atom is 0.244 e. The van der Waals surface area contributed by atoms with Gasteiger partial charge >= 0.3 is 0 Å². The average molecular weight is 357 g/mol. The molecule has 0 saturated carbocycles. The maximum atomic E-state index is 12.2. The van der Waals surface area contributed by atoms with E-state index in [4.69, 9.17) is 0 Å². The first-order valence-corrected chi connectivity index (χ1v) is 7.34.